The van der Waals surface area contributed by atoms with Gasteiger partial charge < -0.3 is 9.47 Å². The van der Waals surface area contributed by atoms with Gasteiger partial charge in [0.05, 0.1) is 12.7 Å². The minimum absolute atomic E-state index is 0.308. The van der Waals surface area contributed by atoms with Gasteiger partial charge in [-0.25, -0.2) is 4.79 Å². The summed E-state index contributed by atoms with van der Waals surface area (Å²) in [5.74, 6) is 0.922. The number of rotatable bonds is 5. The number of allylic oxidation sites excluding steroid dienone is 2. The lowest BCUT2D eigenvalue weighted by atomic mass is 9.86. The van der Waals surface area contributed by atoms with Gasteiger partial charge in [0.2, 0.25) is 0 Å². The van der Waals surface area contributed by atoms with Crippen molar-refractivity contribution in [1.29, 1.82) is 0 Å². The number of carbonyl (C=O) groups excluding carboxylic acids is 1. The van der Waals surface area contributed by atoms with Crippen LogP contribution in [0.5, 0.6) is 5.75 Å². The topological polar surface area (TPSA) is 35.5 Å². The monoisotopic (exact) mass is 286 g/mol. The third-order valence-corrected chi connectivity index (χ3v) is 3.90. The first-order valence-electron chi connectivity index (χ1n) is 7.24. The zero-order valence-electron chi connectivity index (χ0n) is 12.7. The molecule has 0 unspecified atom stereocenters. The van der Waals surface area contributed by atoms with Crippen LogP contribution in [0.25, 0.3) is 0 Å². The Balaban J connectivity index is 1.88. The van der Waals surface area contributed by atoms with E-state index in [2.05, 4.69) is 19.6 Å². The number of benzene rings is 1. The SMILES string of the molecule is C=C(C)[C@@H]1CC=C(COC(=O)c2cccc(OC)c2)CC1. The number of hydrogen-bond donors (Lipinski definition) is 0. The van der Waals surface area contributed by atoms with Crippen LogP contribution >= 0.6 is 0 Å². The predicted molar refractivity (Wildman–Crippen MR) is 83.5 cm³/mol. The van der Waals surface area contributed by atoms with Crippen molar-refractivity contribution in [1.82, 2.24) is 0 Å². The van der Waals surface area contributed by atoms with Crippen LogP contribution in [-0.4, -0.2) is 19.7 Å². The van der Waals surface area contributed by atoms with Gasteiger partial charge in [0, 0.05) is 0 Å². The minimum Gasteiger partial charge on any atom is -0.497 e. The van der Waals surface area contributed by atoms with Gasteiger partial charge >= 0.3 is 5.97 Å². The van der Waals surface area contributed by atoms with Crippen molar-refractivity contribution in [3.8, 4) is 5.75 Å². The Hall–Kier alpha value is -2.03. The predicted octanol–water partition coefficient (Wildman–Crippen LogP) is 4.15. The average Bonchev–Trinajstić information content (AvgIpc) is 2.53. The van der Waals surface area contributed by atoms with E-state index in [4.69, 9.17) is 9.47 Å². The lowest BCUT2D eigenvalue weighted by Gasteiger charge is -2.22. The molecule has 0 N–H and O–H groups in total. The highest BCUT2D eigenvalue weighted by Gasteiger charge is 2.16. The van der Waals surface area contributed by atoms with Gasteiger partial charge in [-0.3, -0.25) is 0 Å². The number of carbonyl (C=O) groups is 1. The summed E-state index contributed by atoms with van der Waals surface area (Å²) in [5, 5.41) is 0. The largest absolute Gasteiger partial charge is 0.497 e. The summed E-state index contributed by atoms with van der Waals surface area (Å²) in [6.45, 7) is 6.46. The van der Waals surface area contributed by atoms with Gasteiger partial charge in [0.25, 0.3) is 0 Å². The molecule has 3 nitrogen and oxygen atoms in total. The molecular weight excluding hydrogens is 264 g/mol. The zero-order chi connectivity index (χ0) is 15.2. The number of methoxy groups -OCH3 is 1. The molecule has 2 rings (SSSR count). The fourth-order valence-corrected chi connectivity index (χ4v) is 2.46. The summed E-state index contributed by atoms with van der Waals surface area (Å²) in [4.78, 5) is 12.0. The Morgan fingerprint density at radius 1 is 1.43 bits per heavy atom. The van der Waals surface area contributed by atoms with Crippen LogP contribution < -0.4 is 4.74 Å². The molecular formula is C18H22O3. The lowest BCUT2D eigenvalue weighted by molar-refractivity contribution is 0.0535. The second-order valence-corrected chi connectivity index (χ2v) is 5.49. The molecule has 1 aliphatic carbocycles. The molecule has 1 aromatic rings. The third-order valence-electron chi connectivity index (χ3n) is 3.90. The second kappa shape index (κ2) is 7.11. The maximum atomic E-state index is 12.0. The van der Waals surface area contributed by atoms with E-state index in [1.165, 1.54) is 11.1 Å². The van der Waals surface area contributed by atoms with Crippen molar-refractivity contribution in [3.63, 3.8) is 0 Å². The smallest absolute Gasteiger partial charge is 0.338 e. The van der Waals surface area contributed by atoms with Gasteiger partial charge in [-0.1, -0.05) is 24.3 Å². The fraction of sp³-hybridized carbons (Fsp3) is 0.389. The lowest BCUT2D eigenvalue weighted by Crippen LogP contribution is -2.12. The molecule has 0 saturated heterocycles. The van der Waals surface area contributed by atoms with Crippen LogP contribution in [0.15, 0.2) is 48.1 Å². The Labute approximate surface area is 126 Å². The van der Waals surface area contributed by atoms with E-state index in [1.54, 1.807) is 31.4 Å². The molecule has 1 aromatic carbocycles. The molecule has 112 valence electrons. The van der Waals surface area contributed by atoms with E-state index in [1.807, 2.05) is 0 Å². The van der Waals surface area contributed by atoms with Crippen molar-refractivity contribution >= 4 is 5.97 Å². The summed E-state index contributed by atoms with van der Waals surface area (Å²) in [6, 6.07) is 7.01. The number of hydrogen-bond acceptors (Lipinski definition) is 3. The number of ether oxygens (including phenoxy) is 2. The Kier molecular flexibility index (Phi) is 5.20. The molecule has 0 saturated carbocycles. The van der Waals surface area contributed by atoms with Crippen molar-refractivity contribution in [3.05, 3.63) is 53.6 Å². The normalized spacial score (nSPS) is 17.8. The van der Waals surface area contributed by atoms with Gasteiger partial charge in [0.1, 0.15) is 12.4 Å². The highest BCUT2D eigenvalue weighted by atomic mass is 16.5. The third kappa shape index (κ3) is 4.22. The molecule has 0 bridgehead atoms. The standard InChI is InChI=1S/C18H22O3/c1-13(2)15-9-7-14(8-10-15)12-21-18(19)16-5-4-6-17(11-16)20-3/h4-7,11,15H,1,8-10,12H2,2-3H3/t15-/m1/s1. The van der Waals surface area contributed by atoms with Crippen LogP contribution in [0, 0.1) is 5.92 Å². The van der Waals surface area contributed by atoms with E-state index in [0.29, 0.717) is 23.8 Å². The summed E-state index contributed by atoms with van der Waals surface area (Å²) < 4.78 is 10.5. The van der Waals surface area contributed by atoms with E-state index < -0.39 is 0 Å². The summed E-state index contributed by atoms with van der Waals surface area (Å²) in [6.07, 6.45) is 5.25. The van der Waals surface area contributed by atoms with Gasteiger partial charge in [-0.15, -0.1) is 0 Å². The quantitative estimate of drug-likeness (QED) is 0.602. The van der Waals surface area contributed by atoms with E-state index in [0.717, 1.165) is 19.3 Å². The highest BCUT2D eigenvalue weighted by molar-refractivity contribution is 5.89. The highest BCUT2D eigenvalue weighted by Crippen LogP contribution is 2.28. The molecule has 0 radical (unpaired) electrons. The van der Waals surface area contributed by atoms with Crippen LogP contribution in [0.4, 0.5) is 0 Å². The molecule has 0 heterocycles. The van der Waals surface area contributed by atoms with Crippen LogP contribution in [0.2, 0.25) is 0 Å². The van der Waals surface area contributed by atoms with Crippen molar-refractivity contribution in [2.24, 2.45) is 5.92 Å². The molecule has 0 amide bonds. The van der Waals surface area contributed by atoms with Gasteiger partial charge in [0.15, 0.2) is 0 Å². The zero-order valence-corrected chi connectivity index (χ0v) is 12.7. The number of esters is 1. The average molecular weight is 286 g/mol. The van der Waals surface area contributed by atoms with Crippen LogP contribution in [0.3, 0.4) is 0 Å². The summed E-state index contributed by atoms with van der Waals surface area (Å²) in [7, 11) is 1.58. The van der Waals surface area contributed by atoms with Crippen molar-refractivity contribution in [2.75, 3.05) is 13.7 Å². The molecule has 1 atom stereocenters. The first-order valence-corrected chi connectivity index (χ1v) is 7.24. The second-order valence-electron chi connectivity index (χ2n) is 5.49. The van der Waals surface area contributed by atoms with Crippen molar-refractivity contribution in [2.45, 2.75) is 26.2 Å². The van der Waals surface area contributed by atoms with Crippen LogP contribution in [-0.2, 0) is 4.74 Å². The van der Waals surface area contributed by atoms with E-state index in [9.17, 15) is 4.79 Å². The summed E-state index contributed by atoms with van der Waals surface area (Å²) >= 11 is 0. The summed E-state index contributed by atoms with van der Waals surface area (Å²) in [5.41, 5.74) is 2.95. The Morgan fingerprint density at radius 3 is 2.86 bits per heavy atom. The van der Waals surface area contributed by atoms with Crippen LogP contribution in [0.1, 0.15) is 36.5 Å². The first-order chi connectivity index (χ1) is 10.1. The van der Waals surface area contributed by atoms with E-state index in [-0.39, 0.29) is 5.97 Å². The Morgan fingerprint density at radius 2 is 2.24 bits per heavy atom. The molecule has 21 heavy (non-hydrogen) atoms. The molecule has 0 spiro atoms. The van der Waals surface area contributed by atoms with Gasteiger partial charge in [-0.05, 0) is 55.9 Å². The Bertz CT molecular complexity index is 557. The molecule has 0 fully saturated rings. The minimum atomic E-state index is -0.308. The molecule has 3 heteroatoms. The molecule has 0 aromatic heterocycles. The first kappa shape index (κ1) is 15.4. The maximum Gasteiger partial charge on any atom is 0.338 e. The molecule has 0 aliphatic heterocycles. The van der Waals surface area contributed by atoms with Gasteiger partial charge in [-0.2, -0.15) is 0 Å². The molecule has 1 aliphatic rings. The fourth-order valence-electron chi connectivity index (χ4n) is 2.46. The van der Waals surface area contributed by atoms with E-state index >= 15 is 0 Å². The maximum absolute atomic E-state index is 12.0. The van der Waals surface area contributed by atoms with Crippen molar-refractivity contribution < 1.29 is 14.3 Å².